The molecule has 0 aliphatic carbocycles. The van der Waals surface area contributed by atoms with Crippen LogP contribution in [-0.4, -0.2) is 37.2 Å². The number of amides is 2. The summed E-state index contributed by atoms with van der Waals surface area (Å²) in [4.78, 5) is 24.8. The quantitative estimate of drug-likeness (QED) is 0.618. The third kappa shape index (κ3) is 5.47. The minimum Gasteiger partial charge on any atom is -0.497 e. The van der Waals surface area contributed by atoms with E-state index in [0.717, 1.165) is 0 Å². The van der Waals surface area contributed by atoms with Gasteiger partial charge in [0.15, 0.2) is 0 Å². The molecule has 3 N–H and O–H groups in total. The van der Waals surface area contributed by atoms with Crippen molar-refractivity contribution in [2.45, 2.75) is 12.8 Å². The summed E-state index contributed by atoms with van der Waals surface area (Å²) in [6, 6.07) is 11.3. The summed E-state index contributed by atoms with van der Waals surface area (Å²) in [6.45, 7) is 0.508. The molecule has 0 saturated heterocycles. The molecule has 0 radical (unpaired) electrons. The first-order valence-electron chi connectivity index (χ1n) is 8.19. The minimum atomic E-state index is -0.343. The molecule has 7 heteroatoms. The van der Waals surface area contributed by atoms with Crippen molar-refractivity contribution in [1.82, 2.24) is 5.32 Å². The van der Waals surface area contributed by atoms with Crippen LogP contribution in [0.5, 0.6) is 5.75 Å². The van der Waals surface area contributed by atoms with Crippen molar-refractivity contribution < 1.29 is 19.4 Å². The van der Waals surface area contributed by atoms with Crippen molar-refractivity contribution in [2.75, 3.05) is 25.6 Å². The van der Waals surface area contributed by atoms with E-state index >= 15 is 0 Å². The average molecular weight is 377 g/mol. The normalized spacial score (nSPS) is 10.3. The van der Waals surface area contributed by atoms with Crippen LogP contribution >= 0.6 is 11.6 Å². The Morgan fingerprint density at radius 1 is 1.08 bits per heavy atom. The lowest BCUT2D eigenvalue weighted by molar-refractivity contribution is 0.0953. The molecule has 0 aromatic heterocycles. The predicted octanol–water partition coefficient (Wildman–Crippen LogP) is 3.10. The Balaban J connectivity index is 2.12. The second-order valence-electron chi connectivity index (χ2n) is 5.56. The van der Waals surface area contributed by atoms with Gasteiger partial charge in [-0.3, -0.25) is 9.59 Å². The van der Waals surface area contributed by atoms with E-state index in [4.69, 9.17) is 21.4 Å². The van der Waals surface area contributed by atoms with Gasteiger partial charge in [0.05, 0.1) is 18.4 Å². The average Bonchev–Trinajstić information content (AvgIpc) is 2.66. The largest absolute Gasteiger partial charge is 0.497 e. The highest BCUT2D eigenvalue weighted by Gasteiger charge is 2.15. The number of anilines is 1. The van der Waals surface area contributed by atoms with E-state index in [-0.39, 0.29) is 24.0 Å². The van der Waals surface area contributed by atoms with Crippen molar-refractivity contribution in [3.63, 3.8) is 0 Å². The summed E-state index contributed by atoms with van der Waals surface area (Å²) in [6.07, 6.45) is 1.27. The van der Waals surface area contributed by atoms with Gasteiger partial charge in [-0.2, -0.15) is 0 Å². The number of carbonyl (C=O) groups is 2. The molecule has 0 atom stereocenters. The maximum absolute atomic E-state index is 12.4. The third-order valence-electron chi connectivity index (χ3n) is 3.70. The van der Waals surface area contributed by atoms with E-state index in [1.807, 2.05) is 0 Å². The molecule has 0 unspecified atom stereocenters. The highest BCUT2D eigenvalue weighted by atomic mass is 35.5. The van der Waals surface area contributed by atoms with Crippen LogP contribution < -0.4 is 15.4 Å². The number of aliphatic hydroxyl groups is 1. The number of halogens is 1. The van der Waals surface area contributed by atoms with Gasteiger partial charge in [-0.1, -0.05) is 11.6 Å². The summed E-state index contributed by atoms with van der Waals surface area (Å²) in [5, 5.41) is 14.7. The molecule has 138 valence electrons. The molecule has 6 nitrogen and oxygen atoms in total. The molecule has 0 bridgehead atoms. The van der Waals surface area contributed by atoms with E-state index in [9.17, 15) is 9.59 Å². The van der Waals surface area contributed by atoms with E-state index in [2.05, 4.69) is 10.6 Å². The van der Waals surface area contributed by atoms with Crippen molar-refractivity contribution in [2.24, 2.45) is 0 Å². The second-order valence-corrected chi connectivity index (χ2v) is 6.00. The Kier molecular flexibility index (Phi) is 7.44. The van der Waals surface area contributed by atoms with Crippen molar-refractivity contribution in [1.29, 1.82) is 0 Å². The van der Waals surface area contributed by atoms with Gasteiger partial charge in [0.25, 0.3) is 11.8 Å². The molecule has 26 heavy (non-hydrogen) atoms. The lowest BCUT2D eigenvalue weighted by Crippen LogP contribution is -2.26. The predicted molar refractivity (Wildman–Crippen MR) is 101 cm³/mol. The van der Waals surface area contributed by atoms with Crippen LogP contribution in [0.25, 0.3) is 0 Å². The number of methoxy groups -OCH3 is 1. The minimum absolute atomic E-state index is 0.0796. The second kappa shape index (κ2) is 9.79. The van der Waals surface area contributed by atoms with Crippen LogP contribution in [0.4, 0.5) is 5.69 Å². The van der Waals surface area contributed by atoms with Crippen molar-refractivity contribution >= 4 is 29.1 Å². The number of benzene rings is 2. The summed E-state index contributed by atoms with van der Waals surface area (Å²) in [7, 11) is 1.55. The van der Waals surface area contributed by atoms with Gasteiger partial charge in [0.2, 0.25) is 0 Å². The van der Waals surface area contributed by atoms with Crippen LogP contribution in [0.2, 0.25) is 5.02 Å². The fourth-order valence-corrected chi connectivity index (χ4v) is 2.46. The lowest BCUT2D eigenvalue weighted by atomic mass is 10.1. The monoisotopic (exact) mass is 376 g/mol. The molecule has 2 aromatic carbocycles. The fraction of sp³-hybridized carbons (Fsp3) is 0.263. The van der Waals surface area contributed by atoms with Crippen LogP contribution in [0.1, 0.15) is 33.6 Å². The van der Waals surface area contributed by atoms with E-state index in [1.165, 1.54) is 6.07 Å². The van der Waals surface area contributed by atoms with Crippen LogP contribution in [0.15, 0.2) is 42.5 Å². The van der Waals surface area contributed by atoms with Gasteiger partial charge in [-0.05, 0) is 55.3 Å². The molecule has 0 aliphatic heterocycles. The maximum Gasteiger partial charge on any atom is 0.255 e. The highest BCUT2D eigenvalue weighted by molar-refractivity contribution is 6.31. The van der Waals surface area contributed by atoms with Crippen molar-refractivity contribution in [3.8, 4) is 5.75 Å². The number of hydrogen-bond acceptors (Lipinski definition) is 4. The van der Waals surface area contributed by atoms with Gasteiger partial charge in [0, 0.05) is 23.7 Å². The van der Waals surface area contributed by atoms with Crippen LogP contribution in [0.3, 0.4) is 0 Å². The number of unbranched alkanes of at least 4 members (excludes halogenated alkanes) is 1. The molecule has 0 spiro atoms. The zero-order valence-electron chi connectivity index (χ0n) is 14.4. The highest BCUT2D eigenvalue weighted by Crippen LogP contribution is 2.22. The van der Waals surface area contributed by atoms with Crippen LogP contribution in [0, 0.1) is 0 Å². The maximum atomic E-state index is 12.4. The summed E-state index contributed by atoms with van der Waals surface area (Å²) in [5.41, 5.74) is 1.09. The molecule has 0 saturated carbocycles. The Labute approximate surface area is 157 Å². The van der Waals surface area contributed by atoms with Crippen LogP contribution in [-0.2, 0) is 0 Å². The van der Waals surface area contributed by atoms with Gasteiger partial charge in [-0.25, -0.2) is 0 Å². The summed E-state index contributed by atoms with van der Waals surface area (Å²) >= 11 is 5.99. The Morgan fingerprint density at radius 2 is 1.81 bits per heavy atom. The first-order chi connectivity index (χ1) is 12.5. The lowest BCUT2D eigenvalue weighted by Gasteiger charge is -2.12. The SMILES string of the molecule is COc1ccc(C(=O)Nc2ccc(Cl)cc2C(=O)NCCCCO)cc1. The summed E-state index contributed by atoms with van der Waals surface area (Å²) in [5.74, 6) is -0.0317. The first-order valence-corrected chi connectivity index (χ1v) is 8.57. The Hall–Kier alpha value is -2.57. The number of aliphatic hydroxyl groups excluding tert-OH is 1. The number of ether oxygens (including phenoxy) is 1. The number of nitrogens with one attached hydrogen (secondary N) is 2. The summed E-state index contributed by atoms with van der Waals surface area (Å²) < 4.78 is 5.07. The Morgan fingerprint density at radius 3 is 2.46 bits per heavy atom. The third-order valence-corrected chi connectivity index (χ3v) is 3.93. The van der Waals surface area contributed by atoms with Gasteiger partial charge in [0.1, 0.15) is 5.75 Å². The molecule has 0 aliphatic rings. The molecule has 2 amide bonds. The van der Waals surface area contributed by atoms with E-state index in [0.29, 0.717) is 41.4 Å². The number of hydrogen-bond donors (Lipinski definition) is 3. The number of carbonyl (C=O) groups excluding carboxylic acids is 2. The molecule has 0 fully saturated rings. The van der Waals surface area contributed by atoms with Gasteiger partial charge >= 0.3 is 0 Å². The fourth-order valence-electron chi connectivity index (χ4n) is 2.28. The molecule has 2 aromatic rings. The first kappa shape index (κ1) is 19.8. The topological polar surface area (TPSA) is 87.7 Å². The molecular formula is C19H21ClN2O4. The zero-order chi connectivity index (χ0) is 18.9. The molecular weight excluding hydrogens is 356 g/mol. The van der Waals surface area contributed by atoms with E-state index in [1.54, 1.807) is 43.5 Å². The standard InChI is InChI=1S/C19H21ClN2O4/c1-26-15-7-4-13(5-8-15)18(24)22-17-9-6-14(20)12-16(17)19(25)21-10-2-3-11-23/h4-9,12,23H,2-3,10-11H2,1H3,(H,21,25)(H,22,24). The Bertz CT molecular complexity index is 763. The van der Waals surface area contributed by atoms with E-state index < -0.39 is 0 Å². The van der Waals surface area contributed by atoms with Gasteiger partial charge < -0.3 is 20.5 Å². The van der Waals surface area contributed by atoms with Crippen molar-refractivity contribution in [3.05, 3.63) is 58.6 Å². The number of rotatable bonds is 8. The zero-order valence-corrected chi connectivity index (χ0v) is 15.2. The smallest absolute Gasteiger partial charge is 0.255 e. The van der Waals surface area contributed by atoms with Gasteiger partial charge in [-0.15, -0.1) is 0 Å². The molecule has 2 rings (SSSR count). The molecule has 0 heterocycles.